The Morgan fingerprint density at radius 1 is 1.00 bits per heavy atom. The van der Waals surface area contributed by atoms with Gasteiger partial charge in [0.05, 0.1) is 25.7 Å². The quantitative estimate of drug-likeness (QED) is 0.0824. The molecule has 1 aliphatic rings. The van der Waals surface area contributed by atoms with Crippen LogP contribution in [0.3, 0.4) is 0 Å². The first-order chi connectivity index (χ1) is 22.1. The number of esters is 1. The number of methoxy groups -OCH3 is 2. The number of benzene rings is 3. The van der Waals surface area contributed by atoms with Gasteiger partial charge in [-0.15, -0.1) is 0 Å². The molecule has 10 nitrogen and oxygen atoms in total. The van der Waals surface area contributed by atoms with E-state index < -0.39 is 11.9 Å². The fourth-order valence-corrected chi connectivity index (χ4v) is 5.91. The number of carbonyl (C=O) groups is 3. The number of thiocarbonyl (C=S) groups is 1. The number of carbonyl (C=O) groups excluding carboxylic acids is 2. The van der Waals surface area contributed by atoms with Crippen LogP contribution in [0.5, 0.6) is 23.0 Å². The Balaban J connectivity index is 0.00000113. The number of amides is 1. The number of thioether (sulfide) groups is 1. The second kappa shape index (κ2) is 15.5. The Morgan fingerprint density at radius 2 is 1.70 bits per heavy atom. The number of nitrogens with zero attached hydrogens (tertiary/aromatic N) is 1. The molecule has 46 heavy (non-hydrogen) atoms. The molecular weight excluding hydrogens is 631 g/mol. The SMILES string of the molecule is CC(=O)O.CCOc1cc(C=C2SC(=S)N(CCc3ccc(OC)c(OC)c3)C2=O)ccc1OC(=O)c1oc2ccccc2c1C. The smallest absolute Gasteiger partial charge is 0.380 e. The molecule has 1 aliphatic heterocycles. The molecule has 1 amide bonds. The lowest BCUT2D eigenvalue weighted by atomic mass is 10.1. The van der Waals surface area contributed by atoms with E-state index in [-0.39, 0.29) is 17.4 Å². The Bertz CT molecular complexity index is 1810. The number of aliphatic carboxylic acids is 1. The van der Waals surface area contributed by atoms with Crippen LogP contribution in [-0.2, 0) is 16.0 Å². The van der Waals surface area contributed by atoms with Crippen LogP contribution in [0.15, 0.2) is 70.0 Å². The van der Waals surface area contributed by atoms with Crippen molar-refractivity contribution in [3.05, 3.63) is 88.0 Å². The van der Waals surface area contributed by atoms with Crippen molar-refractivity contribution < 1.29 is 42.9 Å². The topological polar surface area (TPSA) is 125 Å². The summed E-state index contributed by atoms with van der Waals surface area (Å²) in [6.45, 7) is 5.53. The van der Waals surface area contributed by atoms with Crippen molar-refractivity contribution >= 4 is 63.2 Å². The van der Waals surface area contributed by atoms with Crippen LogP contribution in [0.2, 0.25) is 0 Å². The molecule has 2 heterocycles. The Kier molecular flexibility index (Phi) is 11.4. The first-order valence-corrected chi connectivity index (χ1v) is 15.4. The van der Waals surface area contributed by atoms with Crippen molar-refractivity contribution in [2.24, 2.45) is 0 Å². The number of hydrogen-bond donors (Lipinski definition) is 1. The molecule has 1 saturated heterocycles. The molecule has 0 unspecified atom stereocenters. The molecule has 4 aromatic rings. The summed E-state index contributed by atoms with van der Waals surface area (Å²) in [5, 5.41) is 8.27. The molecule has 0 aliphatic carbocycles. The zero-order valence-corrected chi connectivity index (χ0v) is 27.6. The molecule has 12 heteroatoms. The van der Waals surface area contributed by atoms with Gasteiger partial charge >= 0.3 is 5.97 Å². The van der Waals surface area contributed by atoms with E-state index in [1.54, 1.807) is 49.5 Å². The Morgan fingerprint density at radius 3 is 2.37 bits per heavy atom. The van der Waals surface area contributed by atoms with Gasteiger partial charge in [-0.05, 0) is 67.8 Å². The lowest BCUT2D eigenvalue weighted by Gasteiger charge is -2.15. The van der Waals surface area contributed by atoms with E-state index in [2.05, 4.69) is 0 Å². The van der Waals surface area contributed by atoms with Crippen LogP contribution in [0, 0.1) is 6.92 Å². The van der Waals surface area contributed by atoms with E-state index in [9.17, 15) is 9.59 Å². The van der Waals surface area contributed by atoms with Gasteiger partial charge in [0.2, 0.25) is 5.76 Å². The second-order valence-corrected chi connectivity index (χ2v) is 11.5. The molecular formula is C34H33NO9S2. The van der Waals surface area contributed by atoms with Gasteiger partial charge in [-0.2, -0.15) is 0 Å². The summed E-state index contributed by atoms with van der Waals surface area (Å²) < 4.78 is 28.4. The molecule has 0 bridgehead atoms. The van der Waals surface area contributed by atoms with Crippen LogP contribution >= 0.6 is 24.0 Å². The van der Waals surface area contributed by atoms with Gasteiger partial charge in [-0.25, -0.2) is 4.79 Å². The van der Waals surface area contributed by atoms with E-state index in [0.29, 0.717) is 62.8 Å². The number of rotatable bonds is 10. The number of para-hydroxylation sites is 1. The van der Waals surface area contributed by atoms with Gasteiger partial charge in [0.25, 0.3) is 11.9 Å². The molecule has 1 fully saturated rings. The maximum absolute atomic E-state index is 13.2. The van der Waals surface area contributed by atoms with Crippen molar-refractivity contribution in [1.29, 1.82) is 0 Å². The highest BCUT2D eigenvalue weighted by molar-refractivity contribution is 8.26. The van der Waals surface area contributed by atoms with E-state index >= 15 is 0 Å². The fourth-order valence-electron chi connectivity index (χ4n) is 4.60. The van der Waals surface area contributed by atoms with Crippen LogP contribution < -0.4 is 18.9 Å². The van der Waals surface area contributed by atoms with E-state index in [0.717, 1.165) is 17.9 Å². The van der Waals surface area contributed by atoms with Crippen LogP contribution in [0.1, 0.15) is 41.1 Å². The third-order valence-electron chi connectivity index (χ3n) is 6.74. The van der Waals surface area contributed by atoms with E-state index in [1.807, 2.05) is 50.2 Å². The number of fused-ring (bicyclic) bond motifs is 1. The average molecular weight is 664 g/mol. The highest BCUT2D eigenvalue weighted by atomic mass is 32.2. The average Bonchev–Trinajstić information content (AvgIpc) is 3.51. The third kappa shape index (κ3) is 8.06. The van der Waals surface area contributed by atoms with Crippen molar-refractivity contribution in [1.82, 2.24) is 4.90 Å². The minimum Gasteiger partial charge on any atom is -0.493 e. The van der Waals surface area contributed by atoms with Gasteiger partial charge in [0.15, 0.2) is 23.0 Å². The van der Waals surface area contributed by atoms with Gasteiger partial charge in [-0.1, -0.05) is 54.3 Å². The summed E-state index contributed by atoms with van der Waals surface area (Å²) >= 11 is 6.77. The lowest BCUT2D eigenvalue weighted by molar-refractivity contribution is -0.134. The summed E-state index contributed by atoms with van der Waals surface area (Å²) in [6, 6.07) is 18.2. The Hall–Kier alpha value is -4.81. The summed E-state index contributed by atoms with van der Waals surface area (Å²) in [5.74, 6) is 0.420. The number of furan rings is 1. The molecule has 3 aromatic carbocycles. The van der Waals surface area contributed by atoms with Crippen molar-refractivity contribution in [2.45, 2.75) is 27.2 Å². The number of carboxylic acids is 1. The van der Waals surface area contributed by atoms with E-state index in [1.165, 1.54) is 11.8 Å². The van der Waals surface area contributed by atoms with Crippen molar-refractivity contribution in [3.63, 3.8) is 0 Å². The van der Waals surface area contributed by atoms with E-state index in [4.69, 9.17) is 45.5 Å². The zero-order valence-electron chi connectivity index (χ0n) is 25.9. The van der Waals surface area contributed by atoms with Gasteiger partial charge in [0, 0.05) is 24.4 Å². The number of aryl methyl sites for hydroxylation is 1. The second-order valence-electron chi connectivity index (χ2n) is 9.87. The monoisotopic (exact) mass is 663 g/mol. The summed E-state index contributed by atoms with van der Waals surface area (Å²) in [6.07, 6.45) is 2.35. The number of carboxylic acid groups (broad SMARTS) is 1. The number of ether oxygens (including phenoxy) is 4. The molecule has 5 rings (SSSR count). The van der Waals surface area contributed by atoms with Gasteiger partial charge in [-0.3, -0.25) is 14.5 Å². The predicted molar refractivity (Wildman–Crippen MR) is 180 cm³/mol. The zero-order chi connectivity index (χ0) is 33.4. The highest BCUT2D eigenvalue weighted by Gasteiger charge is 2.32. The normalized spacial score (nSPS) is 13.4. The first-order valence-electron chi connectivity index (χ1n) is 14.2. The number of hydrogen-bond acceptors (Lipinski definition) is 10. The first kappa shape index (κ1) is 34.1. The fraction of sp³-hybridized carbons (Fsp3) is 0.235. The van der Waals surface area contributed by atoms with Crippen molar-refractivity contribution in [2.75, 3.05) is 27.4 Å². The molecule has 240 valence electrons. The minimum absolute atomic E-state index is 0.138. The molecule has 1 aromatic heterocycles. The maximum Gasteiger partial charge on any atom is 0.380 e. The van der Waals surface area contributed by atoms with Crippen LogP contribution in [0.4, 0.5) is 0 Å². The third-order valence-corrected chi connectivity index (χ3v) is 8.12. The van der Waals surface area contributed by atoms with Gasteiger partial charge in [0.1, 0.15) is 9.90 Å². The summed E-state index contributed by atoms with van der Waals surface area (Å²) in [7, 11) is 3.17. The summed E-state index contributed by atoms with van der Waals surface area (Å²) in [5.41, 5.74) is 3.02. The lowest BCUT2D eigenvalue weighted by Crippen LogP contribution is -2.30. The molecule has 0 atom stereocenters. The molecule has 0 radical (unpaired) electrons. The predicted octanol–water partition coefficient (Wildman–Crippen LogP) is 6.91. The summed E-state index contributed by atoms with van der Waals surface area (Å²) in [4.78, 5) is 37.3. The van der Waals surface area contributed by atoms with Gasteiger partial charge < -0.3 is 28.5 Å². The molecule has 0 spiro atoms. The molecule has 0 saturated carbocycles. The minimum atomic E-state index is -0.833. The molecule has 1 N–H and O–H groups in total. The highest BCUT2D eigenvalue weighted by Crippen LogP contribution is 2.36. The van der Waals surface area contributed by atoms with Crippen molar-refractivity contribution in [3.8, 4) is 23.0 Å². The van der Waals surface area contributed by atoms with Crippen LogP contribution in [-0.4, -0.2) is 59.5 Å². The largest absolute Gasteiger partial charge is 0.493 e. The Labute approximate surface area is 275 Å². The van der Waals surface area contributed by atoms with Crippen LogP contribution in [0.25, 0.3) is 17.0 Å². The standard InChI is InChI=1S/C32H29NO7S2.C2H4O2/c1-5-38-27-17-21(11-13-25(27)40-31(35)29-19(2)22-8-6-7-9-23(22)39-29)18-28-30(34)33(32(41)42-28)15-14-20-10-12-24(36-3)26(16-20)37-4;1-2(3)4/h6-13,16-18H,5,14-15H2,1-4H3;1H3,(H,3,4). The maximum atomic E-state index is 13.2.